The quantitative estimate of drug-likeness (QED) is 0.335. The summed E-state index contributed by atoms with van der Waals surface area (Å²) < 4.78 is 0. The maximum absolute atomic E-state index is 10.6. The molecule has 0 aliphatic heterocycles. The van der Waals surface area contributed by atoms with Gasteiger partial charge in [-0.05, 0) is 37.5 Å². The van der Waals surface area contributed by atoms with Crippen LogP contribution in [-0.4, -0.2) is 39.8 Å². The van der Waals surface area contributed by atoms with E-state index >= 15 is 0 Å². The molecule has 7 heteroatoms. The van der Waals surface area contributed by atoms with Crippen LogP contribution in [0.15, 0.2) is 72.8 Å². The van der Waals surface area contributed by atoms with Crippen molar-refractivity contribution in [1.82, 2.24) is 0 Å². The first-order valence-electron chi connectivity index (χ1n) is 8.94. The van der Waals surface area contributed by atoms with E-state index in [-0.39, 0.29) is 39.8 Å². The van der Waals surface area contributed by atoms with Crippen LogP contribution in [0.5, 0.6) is 0 Å². The van der Waals surface area contributed by atoms with E-state index in [9.17, 15) is 14.4 Å². The van der Waals surface area contributed by atoms with Crippen molar-refractivity contribution in [2.45, 2.75) is 20.8 Å². The van der Waals surface area contributed by atoms with Gasteiger partial charge >= 0.3 is 24.4 Å². The standard InChI is InChI=1S/3C8H8OS.Sb/c3*1-6-2-4-7(5-3-6)8(9)10;/h3*2-5H,1H3,(H,9,10);/q;;;+3/p-3. The summed E-state index contributed by atoms with van der Waals surface area (Å²) in [7, 11) is 0. The van der Waals surface area contributed by atoms with Gasteiger partial charge in [0.05, 0.1) is 0 Å². The van der Waals surface area contributed by atoms with Crippen LogP contribution in [0.3, 0.4) is 0 Å². The molecule has 0 bridgehead atoms. The molecule has 0 aliphatic rings. The monoisotopic (exact) mass is 574 g/mol. The Kier molecular flexibility index (Phi) is 14.1. The van der Waals surface area contributed by atoms with E-state index in [2.05, 4.69) is 37.9 Å². The van der Waals surface area contributed by atoms with Gasteiger partial charge in [-0.25, -0.2) is 0 Å². The van der Waals surface area contributed by atoms with E-state index in [1.807, 2.05) is 57.2 Å². The first-order valence-corrected chi connectivity index (χ1v) is 10.2. The largest absolute Gasteiger partial charge is 3.00 e. The zero-order valence-electron chi connectivity index (χ0n) is 17.3. The van der Waals surface area contributed by atoms with E-state index in [4.69, 9.17) is 0 Å². The molecule has 3 aromatic rings. The van der Waals surface area contributed by atoms with Crippen LogP contribution in [0.4, 0.5) is 0 Å². The summed E-state index contributed by atoms with van der Waals surface area (Å²) in [6.45, 7) is 5.91. The Morgan fingerprint density at radius 2 is 0.613 bits per heavy atom. The molecular formula is C24H21O3S3Sb. The van der Waals surface area contributed by atoms with Gasteiger partial charge in [0.1, 0.15) is 0 Å². The molecule has 158 valence electrons. The fraction of sp³-hybridized carbons (Fsp3) is 0.125. The van der Waals surface area contributed by atoms with Crippen molar-refractivity contribution >= 4 is 77.7 Å². The Balaban J connectivity index is 0.000000429. The van der Waals surface area contributed by atoms with Crippen LogP contribution >= 0.6 is 0 Å². The van der Waals surface area contributed by atoms with E-state index in [0.29, 0.717) is 16.7 Å². The normalized spacial score (nSPS) is 9.00. The van der Waals surface area contributed by atoms with Gasteiger partial charge in [-0.15, -0.1) is 0 Å². The summed E-state index contributed by atoms with van der Waals surface area (Å²) in [5.41, 5.74) is 5.21. The molecule has 3 rings (SSSR count). The molecule has 0 fully saturated rings. The van der Waals surface area contributed by atoms with Crippen LogP contribution in [0.25, 0.3) is 0 Å². The predicted molar refractivity (Wildman–Crippen MR) is 134 cm³/mol. The second-order valence-corrected chi connectivity index (χ2v) is 7.57. The molecule has 0 amide bonds. The van der Waals surface area contributed by atoms with Crippen LogP contribution < -0.4 is 0 Å². The van der Waals surface area contributed by atoms with Crippen LogP contribution in [-0.2, 0) is 37.9 Å². The number of benzene rings is 3. The van der Waals surface area contributed by atoms with Crippen LogP contribution in [0, 0.1) is 20.8 Å². The SMILES string of the molecule is Cc1ccc(C(=O)[S-])cc1.Cc1ccc(C(=O)[S-])cc1.Cc1ccc(C(=O)[S-])cc1.[Sb+3]. The Hall–Kier alpha value is -1.85. The molecule has 0 heterocycles. The van der Waals surface area contributed by atoms with Gasteiger partial charge in [0, 0.05) is 15.3 Å². The molecule has 0 N–H and O–H groups in total. The van der Waals surface area contributed by atoms with E-state index in [1.54, 1.807) is 36.4 Å². The number of hydrogen-bond donors (Lipinski definition) is 0. The summed E-state index contributed by atoms with van der Waals surface area (Å²) >= 11 is 13.3. The zero-order valence-corrected chi connectivity index (χ0v) is 22.3. The van der Waals surface area contributed by atoms with Crippen molar-refractivity contribution in [1.29, 1.82) is 0 Å². The topological polar surface area (TPSA) is 51.2 Å². The van der Waals surface area contributed by atoms with Crippen molar-refractivity contribution in [3.05, 3.63) is 106 Å². The summed E-state index contributed by atoms with van der Waals surface area (Å²) in [5.74, 6) is 0. The molecule has 0 aromatic heterocycles. The van der Waals surface area contributed by atoms with E-state index < -0.39 is 0 Å². The van der Waals surface area contributed by atoms with Crippen molar-refractivity contribution in [3.63, 3.8) is 0 Å². The number of hydrogen-bond acceptors (Lipinski definition) is 6. The second-order valence-electron chi connectivity index (χ2n) is 6.46. The minimum Gasteiger partial charge on any atom is -0.737 e. The van der Waals surface area contributed by atoms with Gasteiger partial charge < -0.3 is 52.3 Å². The van der Waals surface area contributed by atoms with Crippen molar-refractivity contribution in [2.24, 2.45) is 0 Å². The molecule has 0 saturated heterocycles. The summed E-state index contributed by atoms with van der Waals surface area (Å²) in [4.78, 5) is 31.7. The van der Waals surface area contributed by atoms with Gasteiger partial charge in [-0.1, -0.05) is 89.5 Å². The van der Waals surface area contributed by atoms with Crippen LogP contribution in [0.1, 0.15) is 47.8 Å². The Morgan fingerprint density at radius 1 is 0.452 bits per heavy atom. The summed E-state index contributed by atoms with van der Waals surface area (Å²) in [5, 5.41) is -0.875. The third-order valence-corrected chi connectivity index (χ3v) is 4.57. The van der Waals surface area contributed by atoms with Gasteiger partial charge in [-0.3, -0.25) is 0 Å². The van der Waals surface area contributed by atoms with Gasteiger partial charge in [0.15, 0.2) is 0 Å². The smallest absolute Gasteiger partial charge is 0.737 e. The maximum atomic E-state index is 10.6. The molecule has 0 atom stereocenters. The maximum Gasteiger partial charge on any atom is 3.00 e. The number of carbonyl (C=O) groups is 3. The van der Waals surface area contributed by atoms with Crippen molar-refractivity contribution in [2.75, 3.05) is 0 Å². The Morgan fingerprint density at radius 3 is 0.742 bits per heavy atom. The molecule has 2 radical (unpaired) electrons. The molecular weight excluding hydrogens is 554 g/mol. The average Bonchev–Trinajstić information content (AvgIpc) is 2.70. The van der Waals surface area contributed by atoms with Crippen molar-refractivity contribution < 1.29 is 14.4 Å². The van der Waals surface area contributed by atoms with E-state index in [1.165, 1.54) is 0 Å². The summed E-state index contributed by atoms with van der Waals surface area (Å²) in [6, 6.07) is 21.7. The van der Waals surface area contributed by atoms with Gasteiger partial charge in [0.2, 0.25) is 0 Å². The van der Waals surface area contributed by atoms with Crippen molar-refractivity contribution in [3.8, 4) is 0 Å². The molecule has 0 saturated carbocycles. The first-order chi connectivity index (χ1) is 14.1. The molecule has 0 unspecified atom stereocenters. The fourth-order valence-electron chi connectivity index (χ4n) is 2.07. The predicted octanol–water partition coefficient (Wildman–Crippen LogP) is 4.67. The molecule has 3 aromatic carbocycles. The third-order valence-electron chi connectivity index (χ3n) is 3.86. The van der Waals surface area contributed by atoms with E-state index in [0.717, 1.165) is 16.7 Å². The molecule has 0 aliphatic carbocycles. The summed E-state index contributed by atoms with van der Waals surface area (Å²) in [6.07, 6.45) is 0. The first kappa shape index (κ1) is 29.1. The Labute approximate surface area is 217 Å². The number of carbonyl (C=O) groups excluding carboxylic acids is 3. The van der Waals surface area contributed by atoms with Gasteiger partial charge in [0.25, 0.3) is 0 Å². The average molecular weight is 575 g/mol. The number of aryl methyl sites for hydroxylation is 3. The zero-order chi connectivity index (χ0) is 22.7. The molecule has 0 spiro atoms. The van der Waals surface area contributed by atoms with Crippen LogP contribution in [0.2, 0.25) is 0 Å². The second kappa shape index (κ2) is 15.0. The fourth-order valence-corrected chi connectivity index (χ4v) is 2.48. The third kappa shape index (κ3) is 11.9. The minimum atomic E-state index is -0.292. The number of rotatable bonds is 3. The minimum absolute atomic E-state index is 0. The molecule has 3 nitrogen and oxygen atoms in total. The Bertz CT molecular complexity index is 852. The van der Waals surface area contributed by atoms with Gasteiger partial charge in [-0.2, -0.15) is 0 Å². The molecule has 31 heavy (non-hydrogen) atoms.